The molecule has 2 heterocycles. The highest BCUT2D eigenvalue weighted by Crippen LogP contribution is 2.19. The number of H-pyrrole nitrogens is 1. The Balaban J connectivity index is 2.03. The Labute approximate surface area is 110 Å². The molecular weight excluding hydrogens is 304 g/mol. The van der Waals surface area contributed by atoms with Crippen molar-refractivity contribution in [2.45, 2.75) is 6.54 Å². The predicted octanol–water partition coefficient (Wildman–Crippen LogP) is 2.13. The predicted molar refractivity (Wildman–Crippen MR) is 70.3 cm³/mol. The molecule has 6 heteroatoms. The van der Waals surface area contributed by atoms with Crippen LogP contribution in [-0.4, -0.2) is 10.9 Å². The van der Waals surface area contributed by atoms with Gasteiger partial charge in [0.2, 0.25) is 0 Å². The van der Waals surface area contributed by atoms with Gasteiger partial charge in [-0.1, -0.05) is 0 Å². The highest BCUT2D eigenvalue weighted by atomic mass is 79.9. The number of rotatable bonds is 3. The Morgan fingerprint density at radius 1 is 1.53 bits per heavy atom. The van der Waals surface area contributed by atoms with Gasteiger partial charge in [-0.3, -0.25) is 9.59 Å². The number of carbonyl (C=O) groups is 1. The van der Waals surface area contributed by atoms with Crippen LogP contribution < -0.4 is 10.9 Å². The molecule has 0 spiro atoms. The molecule has 4 nitrogen and oxygen atoms in total. The van der Waals surface area contributed by atoms with Crippen molar-refractivity contribution >= 4 is 33.2 Å². The van der Waals surface area contributed by atoms with E-state index in [1.165, 1.54) is 12.3 Å². The molecule has 0 atom stereocenters. The van der Waals surface area contributed by atoms with E-state index in [4.69, 9.17) is 0 Å². The number of amides is 1. The summed E-state index contributed by atoms with van der Waals surface area (Å²) in [5, 5.41) is 4.64. The van der Waals surface area contributed by atoms with Gasteiger partial charge in [-0.05, 0) is 34.1 Å². The third-order valence-electron chi connectivity index (χ3n) is 2.11. The van der Waals surface area contributed by atoms with E-state index in [-0.39, 0.29) is 17.0 Å². The molecule has 0 unspecified atom stereocenters. The Kier molecular flexibility index (Phi) is 3.75. The highest BCUT2D eigenvalue weighted by Gasteiger charge is 2.09. The summed E-state index contributed by atoms with van der Waals surface area (Å²) in [7, 11) is 0. The molecule has 0 aliphatic carbocycles. The molecule has 0 saturated heterocycles. The zero-order valence-electron chi connectivity index (χ0n) is 8.70. The fourth-order valence-electron chi connectivity index (χ4n) is 1.31. The van der Waals surface area contributed by atoms with E-state index in [1.54, 1.807) is 17.4 Å². The van der Waals surface area contributed by atoms with Gasteiger partial charge in [0.15, 0.2) is 0 Å². The summed E-state index contributed by atoms with van der Waals surface area (Å²) in [6.07, 6.45) is 1.50. The van der Waals surface area contributed by atoms with E-state index in [0.29, 0.717) is 6.54 Å². The maximum absolute atomic E-state index is 11.7. The molecule has 88 valence electrons. The number of hydrogen-bond acceptors (Lipinski definition) is 3. The second-order valence-electron chi connectivity index (χ2n) is 3.33. The second kappa shape index (κ2) is 5.29. The van der Waals surface area contributed by atoms with E-state index in [0.717, 1.165) is 9.35 Å². The molecule has 2 N–H and O–H groups in total. The number of pyridine rings is 1. The lowest BCUT2D eigenvalue weighted by Crippen LogP contribution is -2.28. The van der Waals surface area contributed by atoms with E-state index in [9.17, 15) is 9.59 Å². The van der Waals surface area contributed by atoms with Crippen molar-refractivity contribution in [2.75, 3.05) is 0 Å². The molecule has 1 amide bonds. The van der Waals surface area contributed by atoms with E-state index < -0.39 is 0 Å². The Morgan fingerprint density at radius 3 is 3.00 bits per heavy atom. The molecule has 0 fully saturated rings. The molecule has 0 bridgehead atoms. The van der Waals surface area contributed by atoms with Crippen molar-refractivity contribution in [3.05, 3.63) is 55.0 Å². The molecule has 0 aliphatic heterocycles. The van der Waals surface area contributed by atoms with Crippen molar-refractivity contribution in [3.63, 3.8) is 0 Å². The van der Waals surface area contributed by atoms with Crippen LogP contribution in [0.5, 0.6) is 0 Å². The number of aromatic nitrogens is 1. The van der Waals surface area contributed by atoms with E-state index >= 15 is 0 Å². The first-order valence-electron chi connectivity index (χ1n) is 4.85. The Hall–Kier alpha value is -1.40. The third-order valence-corrected chi connectivity index (χ3v) is 3.81. The minimum absolute atomic E-state index is 0.128. The first-order valence-corrected chi connectivity index (χ1v) is 6.53. The van der Waals surface area contributed by atoms with Gasteiger partial charge in [0, 0.05) is 20.9 Å². The first kappa shape index (κ1) is 12.1. The number of nitrogens with one attached hydrogen (secondary N) is 2. The van der Waals surface area contributed by atoms with Gasteiger partial charge in [0.25, 0.3) is 11.5 Å². The monoisotopic (exact) mass is 312 g/mol. The summed E-state index contributed by atoms with van der Waals surface area (Å²) < 4.78 is 0.990. The number of carbonyl (C=O) groups excluding carboxylic acids is 1. The Morgan fingerprint density at radius 2 is 2.35 bits per heavy atom. The highest BCUT2D eigenvalue weighted by molar-refractivity contribution is 9.10. The zero-order chi connectivity index (χ0) is 12.3. The summed E-state index contributed by atoms with van der Waals surface area (Å²) in [4.78, 5) is 26.5. The minimum Gasteiger partial charge on any atom is -0.347 e. The average molecular weight is 313 g/mol. The van der Waals surface area contributed by atoms with Crippen LogP contribution in [0.4, 0.5) is 0 Å². The average Bonchev–Trinajstić information content (AvgIpc) is 2.73. The van der Waals surface area contributed by atoms with Crippen LogP contribution in [0.3, 0.4) is 0 Å². The van der Waals surface area contributed by atoms with Crippen LogP contribution in [0.15, 0.2) is 39.0 Å². The zero-order valence-corrected chi connectivity index (χ0v) is 11.1. The van der Waals surface area contributed by atoms with Crippen LogP contribution in [0.2, 0.25) is 0 Å². The third kappa shape index (κ3) is 3.04. The van der Waals surface area contributed by atoms with Crippen molar-refractivity contribution in [1.29, 1.82) is 0 Å². The number of halogens is 1. The lowest BCUT2D eigenvalue weighted by molar-refractivity contribution is 0.0950. The maximum atomic E-state index is 11.7. The van der Waals surface area contributed by atoms with Crippen molar-refractivity contribution in [1.82, 2.24) is 10.3 Å². The summed E-state index contributed by atoms with van der Waals surface area (Å²) in [5.41, 5.74) is -0.250. The van der Waals surface area contributed by atoms with Crippen LogP contribution in [-0.2, 0) is 6.54 Å². The molecular formula is C11H9BrN2O2S. The van der Waals surface area contributed by atoms with Gasteiger partial charge in [-0.15, -0.1) is 11.3 Å². The van der Waals surface area contributed by atoms with Gasteiger partial charge in [-0.2, -0.15) is 0 Å². The van der Waals surface area contributed by atoms with E-state index in [1.807, 2.05) is 11.4 Å². The molecule has 0 aromatic carbocycles. The normalized spacial score (nSPS) is 10.2. The molecule has 0 aliphatic rings. The van der Waals surface area contributed by atoms with Crippen LogP contribution in [0, 0.1) is 0 Å². The van der Waals surface area contributed by atoms with Crippen LogP contribution >= 0.6 is 27.3 Å². The van der Waals surface area contributed by atoms with Gasteiger partial charge in [0.05, 0.1) is 6.54 Å². The number of thiophene rings is 1. The first-order chi connectivity index (χ1) is 8.16. The summed E-state index contributed by atoms with van der Waals surface area (Å²) in [5.74, 6) is -0.364. The number of hydrogen-bond donors (Lipinski definition) is 2. The lowest BCUT2D eigenvalue weighted by atomic mass is 10.2. The summed E-state index contributed by atoms with van der Waals surface area (Å²) in [6, 6.07) is 5.05. The minimum atomic E-state index is -0.377. The van der Waals surface area contributed by atoms with Gasteiger partial charge in [-0.25, -0.2) is 0 Å². The van der Waals surface area contributed by atoms with Gasteiger partial charge < -0.3 is 10.3 Å². The lowest BCUT2D eigenvalue weighted by Gasteiger charge is -2.02. The molecule has 2 aromatic rings. The summed E-state index contributed by atoms with van der Waals surface area (Å²) >= 11 is 4.88. The fourth-order valence-corrected chi connectivity index (χ4v) is 2.70. The smallest absolute Gasteiger partial charge is 0.260 e. The maximum Gasteiger partial charge on any atom is 0.260 e. The van der Waals surface area contributed by atoms with Crippen LogP contribution in [0.25, 0.3) is 0 Å². The largest absolute Gasteiger partial charge is 0.347 e. The van der Waals surface area contributed by atoms with Gasteiger partial charge >= 0.3 is 0 Å². The quantitative estimate of drug-likeness (QED) is 0.912. The SMILES string of the molecule is O=C(NCc1cc(Br)cs1)c1ccc[nH]c1=O. The molecule has 2 aromatic heterocycles. The second-order valence-corrected chi connectivity index (χ2v) is 5.24. The fraction of sp³-hybridized carbons (Fsp3) is 0.0909. The molecule has 0 saturated carbocycles. The van der Waals surface area contributed by atoms with Crippen molar-refractivity contribution < 1.29 is 4.79 Å². The Bertz CT molecular complexity index is 591. The van der Waals surface area contributed by atoms with Crippen molar-refractivity contribution in [2.24, 2.45) is 0 Å². The topological polar surface area (TPSA) is 62.0 Å². The van der Waals surface area contributed by atoms with E-state index in [2.05, 4.69) is 26.2 Å². The van der Waals surface area contributed by atoms with Crippen LogP contribution in [0.1, 0.15) is 15.2 Å². The molecule has 0 radical (unpaired) electrons. The summed E-state index contributed by atoms with van der Waals surface area (Å²) in [6.45, 7) is 0.420. The standard InChI is InChI=1S/C11H9BrN2O2S/c12-7-4-8(17-6-7)5-14-11(16)9-2-1-3-13-10(9)15/h1-4,6H,5H2,(H,13,15)(H,14,16). The number of aromatic amines is 1. The molecule has 2 rings (SSSR count). The van der Waals surface area contributed by atoms with Gasteiger partial charge in [0.1, 0.15) is 5.56 Å². The van der Waals surface area contributed by atoms with Crippen molar-refractivity contribution in [3.8, 4) is 0 Å². The molecule has 17 heavy (non-hydrogen) atoms.